The molecule has 121 heavy (non-hydrogen) atoms. The molecule has 1 saturated carbocycles. The number of phenolic OH excluding ortho intramolecular Hbond substituents is 1. The van der Waals surface area contributed by atoms with E-state index >= 15 is 9.59 Å². The molecule has 1 aliphatic carbocycles. The summed E-state index contributed by atoms with van der Waals surface area (Å²) >= 11 is 0. The summed E-state index contributed by atoms with van der Waals surface area (Å²) in [6.45, 7) is 7.32. The maximum atomic E-state index is 15.1. The number of aromatic amines is 1. The molecule has 42 nitrogen and oxygen atoms in total. The number of carbonyl (C=O) groups excluding carboxylic acids is 15. The highest BCUT2D eigenvalue weighted by molar-refractivity contribution is 6.01. The Kier molecular flexibility index (Phi) is 40.1. The minimum absolute atomic E-state index is 0.0704. The van der Waals surface area contributed by atoms with E-state index in [1.165, 1.54) is 61.1 Å². The number of carbonyl (C=O) groups is 16. The van der Waals surface area contributed by atoms with E-state index in [1.54, 1.807) is 13.8 Å². The number of H-pyrrole nitrogens is 1. The maximum Gasteiger partial charge on any atom is 0.303 e. The fourth-order valence-electron chi connectivity index (χ4n) is 12.6. The molecule has 1 aliphatic rings. The Labute approximate surface area is 694 Å². The van der Waals surface area contributed by atoms with E-state index in [9.17, 15) is 107 Å². The molecule has 0 unspecified atom stereocenters. The quantitative estimate of drug-likeness (QED) is 0.0113. The average Bonchev–Trinajstić information content (AvgIpc) is 0.966. The molecule has 0 radical (unpaired) electrons. The number of nitrogens with one attached hydrogen (secondary N) is 14. The molecule has 4 aromatic rings. The van der Waals surface area contributed by atoms with Crippen molar-refractivity contribution in [2.24, 2.45) is 29.0 Å². The van der Waals surface area contributed by atoms with Crippen molar-refractivity contribution in [3.63, 3.8) is 0 Å². The van der Waals surface area contributed by atoms with Crippen molar-refractivity contribution in [1.82, 2.24) is 79.1 Å². The van der Waals surface area contributed by atoms with Crippen LogP contribution in [0.2, 0.25) is 0 Å². The smallest absolute Gasteiger partial charge is 0.303 e. The van der Waals surface area contributed by atoms with E-state index < -0.39 is 254 Å². The largest absolute Gasteiger partial charge is 0.508 e. The van der Waals surface area contributed by atoms with Crippen LogP contribution in [-0.2, 0) is 102 Å². The number of aromatic hydroxyl groups is 1. The highest BCUT2D eigenvalue weighted by Crippen LogP contribution is 2.31. The maximum absolute atomic E-state index is 15.1. The summed E-state index contributed by atoms with van der Waals surface area (Å²) in [7, 11) is 0. The van der Waals surface area contributed by atoms with Gasteiger partial charge < -0.3 is 117 Å². The fraction of sp³-hybridized carbons (Fsp3) is 0.526. The Hall–Kier alpha value is -12.6. The van der Waals surface area contributed by atoms with E-state index in [0.29, 0.717) is 25.7 Å². The van der Waals surface area contributed by atoms with Gasteiger partial charge in [-0.15, -0.1) is 0 Å². The van der Waals surface area contributed by atoms with E-state index in [2.05, 4.69) is 79.1 Å². The summed E-state index contributed by atoms with van der Waals surface area (Å²) < 4.78 is 14.3. The van der Waals surface area contributed by atoms with Gasteiger partial charge in [0.05, 0.1) is 35.8 Å². The third-order valence-electron chi connectivity index (χ3n) is 19.5. The third-order valence-corrected chi connectivity index (χ3v) is 19.5. The van der Waals surface area contributed by atoms with Crippen molar-refractivity contribution >= 4 is 100 Å². The average molecular weight is 1700 g/mol. The van der Waals surface area contributed by atoms with E-state index in [0.717, 1.165) is 58.4 Å². The van der Waals surface area contributed by atoms with Gasteiger partial charge >= 0.3 is 5.97 Å². The summed E-state index contributed by atoms with van der Waals surface area (Å²) in [4.78, 5) is 239. The second kappa shape index (κ2) is 49.0. The molecule has 0 bridgehead atoms. The molecule has 1 fully saturated rings. The number of imidazole rings is 1. The van der Waals surface area contributed by atoms with Crippen molar-refractivity contribution < 1.29 is 112 Å². The van der Waals surface area contributed by atoms with Gasteiger partial charge in [-0.25, -0.2) is 9.37 Å². The van der Waals surface area contributed by atoms with Gasteiger partial charge in [-0.3, -0.25) is 86.8 Å². The predicted octanol–water partition coefficient (Wildman–Crippen LogP) is -4.49. The van der Waals surface area contributed by atoms with Crippen molar-refractivity contribution in [2.45, 2.75) is 235 Å². The van der Waals surface area contributed by atoms with Crippen LogP contribution >= 0.6 is 0 Å². The zero-order valence-electron chi connectivity index (χ0n) is 67.7. The number of non-ortho nitro benzene ring substituents is 1. The number of aliphatic hydroxyl groups is 3. The van der Waals surface area contributed by atoms with Crippen molar-refractivity contribution in [1.29, 1.82) is 0 Å². The Morgan fingerprint density at radius 1 is 0.512 bits per heavy atom. The number of hydrogen-bond acceptors (Lipinski definition) is 24. The Balaban J connectivity index is 1.45. The van der Waals surface area contributed by atoms with E-state index in [4.69, 9.17) is 17.2 Å². The molecule has 43 heteroatoms. The molecule has 662 valence electrons. The van der Waals surface area contributed by atoms with Crippen LogP contribution in [0.4, 0.5) is 10.1 Å². The van der Waals surface area contributed by atoms with Crippen LogP contribution in [0.15, 0.2) is 85.3 Å². The van der Waals surface area contributed by atoms with Gasteiger partial charge in [-0.05, 0) is 125 Å². The number of phenols is 1. The number of aromatic nitrogens is 2. The number of amides is 15. The lowest BCUT2D eigenvalue weighted by Crippen LogP contribution is -2.62. The van der Waals surface area contributed by atoms with Crippen LogP contribution in [0.1, 0.15) is 141 Å². The van der Waals surface area contributed by atoms with Gasteiger partial charge in [0.25, 0.3) is 5.69 Å². The monoisotopic (exact) mass is 1700 g/mol. The summed E-state index contributed by atoms with van der Waals surface area (Å²) in [6.07, 6.45) is -2.57. The second-order valence-electron chi connectivity index (χ2n) is 30.1. The molecule has 15 atom stereocenters. The van der Waals surface area contributed by atoms with Crippen molar-refractivity contribution in [3.8, 4) is 5.75 Å². The van der Waals surface area contributed by atoms with Gasteiger partial charge in [-0.2, -0.15) is 0 Å². The standard InChI is InChI=1S/C78H110FN19O23/c1-39(2)30-55(86-43(6)102)74(115)96-64(41(4)100)77(118)94-58(32-45-13-19-48(79)20-14-45)71(112)89-54(26-28-63(105)106)69(110)93-60(35-49-36-83-38-84-49)73(114)92-57(34-47-17-23-51(103)24-18-47)72(113)91-56(33-46-15-21-50(22-16-46)98(120)121)70(111)85-40(3)67(108)88-53(25-27-62(81)104)68(109)90-59(31-44-10-9-11-44)75(116)97-65(42(5)101)78(119)95-61(37-99)76(117)87-52(66(82)107)12-7-8-29-80/h13-24,36,38-42,44,52-61,64-65,99-101,103H,7-12,25-35,37,80H2,1-6H3,(H2,81,104)(H2,82,107)(H,83,84)(H,85,111)(H,86,102)(H,87,117)(H,88,108)(H,89,112)(H,90,109)(H,91,113)(H,92,114)(H,93,110)(H,94,118)(H,95,119)(H,96,115)(H,97,116)(H,105,106)/t40-,41+,42+,52-,53-,54-,55-,56-,57-,58-,59-,60-,61-,64-,65-/m0/s1. The summed E-state index contributed by atoms with van der Waals surface area (Å²) in [5.74, 6) is -18.7. The number of nitrogens with two attached hydrogens (primary N) is 3. The number of hydrogen-bond donors (Lipinski definition) is 22. The number of aliphatic hydroxyl groups excluding tert-OH is 3. The topological polar surface area (TPSA) is 681 Å². The molecule has 3 aromatic carbocycles. The number of aliphatic carboxylic acids is 1. The van der Waals surface area contributed by atoms with Crippen molar-refractivity contribution in [3.05, 3.63) is 124 Å². The second-order valence-corrected chi connectivity index (χ2v) is 30.1. The van der Waals surface area contributed by atoms with Gasteiger partial charge in [0.2, 0.25) is 88.6 Å². The minimum Gasteiger partial charge on any atom is -0.508 e. The van der Waals surface area contributed by atoms with Crippen molar-refractivity contribution in [2.75, 3.05) is 13.2 Å². The first-order valence-corrected chi connectivity index (χ1v) is 39.3. The number of benzene rings is 3. The van der Waals surface area contributed by atoms with Gasteiger partial charge in [-0.1, -0.05) is 69.5 Å². The summed E-state index contributed by atoms with van der Waals surface area (Å²) in [5, 5.41) is 95.4. The Bertz CT molecular complexity index is 4230. The molecule has 0 saturated heterocycles. The number of halogens is 1. The molecule has 25 N–H and O–H groups in total. The van der Waals surface area contributed by atoms with Gasteiger partial charge in [0.15, 0.2) is 0 Å². The number of carboxylic acid groups (broad SMARTS) is 1. The minimum atomic E-state index is -1.90. The van der Waals surface area contributed by atoms with E-state index in [-0.39, 0.29) is 71.5 Å². The number of nitro groups is 1. The molecular formula is C78H110FN19O23. The SMILES string of the molecule is CC(=O)N[C@@H](CC(C)C)C(=O)N[C@H](C(=O)N[C@@H](Cc1ccc(F)cc1)C(=O)N[C@@H](CCC(=O)O)C(=O)N[C@@H](Cc1c[nH]cn1)C(=O)N[C@@H](Cc1ccc(O)cc1)C(=O)N[C@@H](Cc1ccc([N+](=O)[O-])cc1)C(=O)N[C@@H](C)C(=O)N[C@@H](CCC(N)=O)C(=O)N[C@@H](CC1CCC1)C(=O)N[C@H](C(=O)N[C@@H](CO)C(=O)N[C@@H](CCCCN)C(N)=O)[C@@H](C)O)[C@@H](C)O. The molecule has 1 heterocycles. The third kappa shape index (κ3) is 34.0. The van der Waals surface area contributed by atoms with Gasteiger partial charge in [0.1, 0.15) is 90.1 Å². The molecule has 0 spiro atoms. The van der Waals surface area contributed by atoms with Crippen LogP contribution in [0.25, 0.3) is 0 Å². The molecular weight excluding hydrogens is 1590 g/mol. The van der Waals surface area contributed by atoms with Gasteiger partial charge in [0, 0.05) is 63.8 Å². The first-order chi connectivity index (χ1) is 57.1. The number of unbranched alkanes of at least 4 members (excludes halogenated alkanes) is 1. The normalized spacial score (nSPS) is 15.6. The first-order valence-electron chi connectivity index (χ1n) is 39.3. The Morgan fingerprint density at radius 2 is 0.926 bits per heavy atom. The Morgan fingerprint density at radius 3 is 1.36 bits per heavy atom. The zero-order valence-corrected chi connectivity index (χ0v) is 67.7. The lowest BCUT2D eigenvalue weighted by molar-refractivity contribution is -0.384. The number of nitrogens with zero attached hydrogens (tertiary/aromatic N) is 2. The van der Waals surface area contributed by atoms with Crippen LogP contribution in [0.5, 0.6) is 5.75 Å². The van der Waals surface area contributed by atoms with Crippen LogP contribution in [0, 0.1) is 27.8 Å². The number of primary amides is 2. The summed E-state index contributed by atoms with van der Waals surface area (Å²) in [5.41, 5.74) is 16.8. The zero-order chi connectivity index (χ0) is 89.9. The molecule has 1 aromatic heterocycles. The molecule has 0 aliphatic heterocycles. The lowest BCUT2D eigenvalue weighted by atomic mass is 9.80. The number of carboxylic acids is 1. The van der Waals surface area contributed by atoms with Crippen LogP contribution in [-0.4, -0.2) is 239 Å². The highest BCUT2D eigenvalue weighted by atomic mass is 19.1. The highest BCUT2D eigenvalue weighted by Gasteiger charge is 2.40. The fourth-order valence-corrected chi connectivity index (χ4v) is 12.6. The predicted molar refractivity (Wildman–Crippen MR) is 427 cm³/mol. The number of rotatable bonds is 52. The van der Waals surface area contributed by atoms with E-state index in [1.807, 2.05) is 0 Å². The summed E-state index contributed by atoms with van der Waals surface area (Å²) in [6, 6.07) is -7.46. The molecule has 5 rings (SSSR count). The lowest BCUT2D eigenvalue weighted by Gasteiger charge is -2.32. The first kappa shape index (κ1) is 98.9. The van der Waals surface area contributed by atoms with Crippen LogP contribution < -0.4 is 86.3 Å². The number of nitro benzene ring substituents is 1. The molecule has 15 amide bonds. The van der Waals surface area contributed by atoms with Crippen LogP contribution in [0.3, 0.4) is 0 Å².